The Hall–Kier alpha value is -1.18. The van der Waals surface area contributed by atoms with E-state index in [1.165, 1.54) is 0 Å². The summed E-state index contributed by atoms with van der Waals surface area (Å²) in [7, 11) is 0. The molecule has 72 valence electrons. The highest BCUT2D eigenvalue weighted by Gasteiger charge is 2.09. The number of hydrogen-bond donors (Lipinski definition) is 2. The molecule has 0 aliphatic heterocycles. The summed E-state index contributed by atoms with van der Waals surface area (Å²) in [6, 6.07) is 3.30. The van der Waals surface area contributed by atoms with E-state index < -0.39 is 0 Å². The van der Waals surface area contributed by atoms with Crippen LogP contribution in [0.1, 0.15) is 37.8 Å². The standard InChI is InChI=1S/C11H16O2/c1-4-8-5-10(12)11(13)6-9(8)7(2)3/h5-7,12-13H,4H2,1-3H3. The Labute approximate surface area is 78.8 Å². The number of benzene rings is 1. The van der Waals surface area contributed by atoms with E-state index in [2.05, 4.69) is 13.8 Å². The maximum Gasteiger partial charge on any atom is 0.157 e. The molecule has 1 rings (SSSR count). The van der Waals surface area contributed by atoms with Gasteiger partial charge in [-0.25, -0.2) is 0 Å². The summed E-state index contributed by atoms with van der Waals surface area (Å²) in [4.78, 5) is 0. The molecular formula is C11H16O2. The van der Waals surface area contributed by atoms with Crippen LogP contribution in [-0.2, 0) is 6.42 Å². The van der Waals surface area contributed by atoms with E-state index in [1.54, 1.807) is 12.1 Å². The Morgan fingerprint density at radius 3 is 2.15 bits per heavy atom. The maximum atomic E-state index is 9.32. The molecule has 1 aromatic carbocycles. The summed E-state index contributed by atoms with van der Waals surface area (Å²) in [5.74, 6) is 0.323. The van der Waals surface area contributed by atoms with Crippen LogP contribution in [-0.4, -0.2) is 10.2 Å². The first-order chi connectivity index (χ1) is 6.06. The van der Waals surface area contributed by atoms with Crippen LogP contribution < -0.4 is 0 Å². The monoisotopic (exact) mass is 180 g/mol. The minimum atomic E-state index is -0.0269. The second-order valence-electron chi connectivity index (χ2n) is 3.55. The summed E-state index contributed by atoms with van der Waals surface area (Å²) < 4.78 is 0. The van der Waals surface area contributed by atoms with Crippen molar-refractivity contribution in [3.05, 3.63) is 23.3 Å². The zero-order valence-corrected chi connectivity index (χ0v) is 8.33. The molecule has 0 aliphatic rings. The van der Waals surface area contributed by atoms with Gasteiger partial charge in [-0.15, -0.1) is 0 Å². The average molecular weight is 180 g/mol. The molecule has 0 amide bonds. The van der Waals surface area contributed by atoms with Gasteiger partial charge in [-0.3, -0.25) is 0 Å². The second kappa shape index (κ2) is 3.69. The first-order valence-corrected chi connectivity index (χ1v) is 4.61. The van der Waals surface area contributed by atoms with Crippen LogP contribution in [0, 0.1) is 0 Å². The third-order valence-electron chi connectivity index (χ3n) is 2.24. The van der Waals surface area contributed by atoms with Crippen molar-refractivity contribution in [2.75, 3.05) is 0 Å². The topological polar surface area (TPSA) is 40.5 Å². The molecule has 0 spiro atoms. The van der Waals surface area contributed by atoms with Gasteiger partial charge in [-0.2, -0.15) is 0 Å². The minimum Gasteiger partial charge on any atom is -0.504 e. The van der Waals surface area contributed by atoms with Crippen LogP contribution in [0.2, 0.25) is 0 Å². The van der Waals surface area contributed by atoms with E-state index in [0.29, 0.717) is 5.92 Å². The molecule has 0 saturated heterocycles. The molecule has 0 atom stereocenters. The van der Waals surface area contributed by atoms with Gasteiger partial charge in [-0.05, 0) is 35.6 Å². The summed E-state index contributed by atoms with van der Waals surface area (Å²) in [5.41, 5.74) is 2.21. The third kappa shape index (κ3) is 1.94. The van der Waals surface area contributed by atoms with Crippen LogP contribution in [0.4, 0.5) is 0 Å². The van der Waals surface area contributed by atoms with Crippen molar-refractivity contribution in [1.29, 1.82) is 0 Å². The Morgan fingerprint density at radius 1 is 1.15 bits per heavy atom. The van der Waals surface area contributed by atoms with Crippen LogP contribution >= 0.6 is 0 Å². The second-order valence-corrected chi connectivity index (χ2v) is 3.55. The minimum absolute atomic E-state index is 0.0266. The van der Waals surface area contributed by atoms with E-state index in [1.807, 2.05) is 6.92 Å². The zero-order chi connectivity index (χ0) is 10.0. The summed E-state index contributed by atoms with van der Waals surface area (Å²) >= 11 is 0. The number of phenolic OH excluding ortho intramolecular Hbond substituents is 2. The van der Waals surface area contributed by atoms with E-state index in [0.717, 1.165) is 17.5 Å². The van der Waals surface area contributed by atoms with E-state index in [9.17, 15) is 10.2 Å². The molecule has 2 heteroatoms. The fraction of sp³-hybridized carbons (Fsp3) is 0.455. The van der Waals surface area contributed by atoms with Crippen LogP contribution in [0.5, 0.6) is 11.5 Å². The third-order valence-corrected chi connectivity index (χ3v) is 2.24. The van der Waals surface area contributed by atoms with Crippen molar-refractivity contribution in [1.82, 2.24) is 0 Å². The zero-order valence-electron chi connectivity index (χ0n) is 8.33. The van der Waals surface area contributed by atoms with E-state index in [-0.39, 0.29) is 11.5 Å². The molecule has 0 saturated carbocycles. The van der Waals surface area contributed by atoms with Crippen molar-refractivity contribution in [3.63, 3.8) is 0 Å². The fourth-order valence-electron chi connectivity index (χ4n) is 1.48. The predicted octanol–water partition coefficient (Wildman–Crippen LogP) is 2.78. The van der Waals surface area contributed by atoms with Crippen LogP contribution in [0.3, 0.4) is 0 Å². The highest BCUT2D eigenvalue weighted by molar-refractivity contribution is 5.46. The molecule has 0 fully saturated rings. The van der Waals surface area contributed by atoms with Crippen molar-refractivity contribution in [3.8, 4) is 11.5 Å². The Morgan fingerprint density at radius 2 is 1.69 bits per heavy atom. The summed E-state index contributed by atoms with van der Waals surface area (Å²) in [6.45, 7) is 6.19. The lowest BCUT2D eigenvalue weighted by Crippen LogP contribution is -1.94. The quantitative estimate of drug-likeness (QED) is 0.687. The highest BCUT2D eigenvalue weighted by atomic mass is 16.3. The van der Waals surface area contributed by atoms with Crippen molar-refractivity contribution < 1.29 is 10.2 Å². The molecule has 0 unspecified atom stereocenters. The molecule has 13 heavy (non-hydrogen) atoms. The highest BCUT2D eigenvalue weighted by Crippen LogP contribution is 2.32. The molecular weight excluding hydrogens is 164 g/mol. The molecule has 2 nitrogen and oxygen atoms in total. The Balaban J connectivity index is 3.25. The first-order valence-electron chi connectivity index (χ1n) is 4.61. The largest absolute Gasteiger partial charge is 0.504 e. The van der Waals surface area contributed by atoms with Crippen molar-refractivity contribution >= 4 is 0 Å². The number of aryl methyl sites for hydroxylation is 1. The lowest BCUT2D eigenvalue weighted by Gasteiger charge is -2.12. The van der Waals surface area contributed by atoms with E-state index >= 15 is 0 Å². The van der Waals surface area contributed by atoms with Crippen molar-refractivity contribution in [2.45, 2.75) is 33.1 Å². The Bertz CT molecular complexity index is 303. The number of hydrogen-bond acceptors (Lipinski definition) is 2. The Kier molecular flexibility index (Phi) is 2.81. The lowest BCUT2D eigenvalue weighted by atomic mass is 9.95. The first kappa shape index (κ1) is 9.90. The summed E-state index contributed by atoms with van der Waals surface area (Å²) in [5, 5.41) is 18.6. The van der Waals surface area contributed by atoms with Crippen LogP contribution in [0.15, 0.2) is 12.1 Å². The molecule has 0 heterocycles. The predicted molar refractivity (Wildman–Crippen MR) is 53.2 cm³/mol. The molecule has 2 N–H and O–H groups in total. The van der Waals surface area contributed by atoms with Gasteiger partial charge in [0.05, 0.1) is 0 Å². The van der Waals surface area contributed by atoms with Gasteiger partial charge in [-0.1, -0.05) is 20.8 Å². The fourth-order valence-corrected chi connectivity index (χ4v) is 1.48. The maximum absolute atomic E-state index is 9.32. The molecule has 0 aliphatic carbocycles. The molecule has 1 aromatic rings. The molecule has 0 aromatic heterocycles. The SMILES string of the molecule is CCc1cc(O)c(O)cc1C(C)C. The van der Waals surface area contributed by atoms with Crippen molar-refractivity contribution in [2.24, 2.45) is 0 Å². The number of phenols is 2. The van der Waals surface area contributed by atoms with Gasteiger partial charge in [0.2, 0.25) is 0 Å². The van der Waals surface area contributed by atoms with Gasteiger partial charge < -0.3 is 10.2 Å². The molecule has 0 bridgehead atoms. The normalized spacial score (nSPS) is 10.8. The summed E-state index contributed by atoms with van der Waals surface area (Å²) in [6.07, 6.45) is 0.876. The average Bonchev–Trinajstić information content (AvgIpc) is 2.08. The van der Waals surface area contributed by atoms with Gasteiger partial charge in [0.15, 0.2) is 11.5 Å². The number of rotatable bonds is 2. The van der Waals surface area contributed by atoms with Gasteiger partial charge in [0.1, 0.15) is 0 Å². The van der Waals surface area contributed by atoms with Gasteiger partial charge in [0, 0.05) is 0 Å². The van der Waals surface area contributed by atoms with Gasteiger partial charge in [0.25, 0.3) is 0 Å². The smallest absolute Gasteiger partial charge is 0.157 e. The van der Waals surface area contributed by atoms with Gasteiger partial charge >= 0.3 is 0 Å². The number of aromatic hydroxyl groups is 2. The lowest BCUT2D eigenvalue weighted by molar-refractivity contribution is 0.402. The van der Waals surface area contributed by atoms with Crippen LogP contribution in [0.25, 0.3) is 0 Å². The van der Waals surface area contributed by atoms with E-state index in [4.69, 9.17) is 0 Å². The molecule has 0 radical (unpaired) electrons.